The van der Waals surface area contributed by atoms with Crippen LogP contribution in [0.4, 0.5) is 5.82 Å². The van der Waals surface area contributed by atoms with Crippen molar-refractivity contribution in [1.29, 1.82) is 0 Å². The number of nitrogens with zero attached hydrogens (tertiary/aromatic N) is 4. The zero-order valence-electron chi connectivity index (χ0n) is 17.7. The van der Waals surface area contributed by atoms with Crippen molar-refractivity contribution in [2.24, 2.45) is 0 Å². The Kier molecular flexibility index (Phi) is 5.96. The number of rotatable bonds is 5. The van der Waals surface area contributed by atoms with Gasteiger partial charge in [0.25, 0.3) is 0 Å². The number of aromatic nitrogens is 3. The number of benzene rings is 2. The van der Waals surface area contributed by atoms with E-state index in [1.54, 1.807) is 55.7 Å². The number of nitrogen functional groups attached to an aromatic ring is 1. The van der Waals surface area contributed by atoms with E-state index in [2.05, 4.69) is 15.0 Å². The Morgan fingerprint density at radius 1 is 1.03 bits per heavy atom. The number of anilines is 1. The second-order valence-electron chi connectivity index (χ2n) is 7.84. The summed E-state index contributed by atoms with van der Waals surface area (Å²) in [6.07, 6.45) is 4.91. The fourth-order valence-corrected chi connectivity index (χ4v) is 5.07. The SMILES string of the molecule is CN(C1CC1)S(=O)(=O)c1ccc(-c2cnc(N)c(-c3ccc4c(O)nccc4c3)n2)cc1.Cl. The quantitative estimate of drug-likeness (QED) is 0.442. The van der Waals surface area contributed by atoms with Gasteiger partial charge in [-0.05, 0) is 48.6 Å². The summed E-state index contributed by atoms with van der Waals surface area (Å²) in [5, 5.41) is 11.4. The third-order valence-corrected chi connectivity index (χ3v) is 7.63. The van der Waals surface area contributed by atoms with Crippen molar-refractivity contribution in [1.82, 2.24) is 19.3 Å². The van der Waals surface area contributed by atoms with Crippen molar-refractivity contribution in [3.8, 4) is 28.4 Å². The first kappa shape index (κ1) is 22.9. The van der Waals surface area contributed by atoms with Crippen LogP contribution in [0.1, 0.15) is 12.8 Å². The smallest absolute Gasteiger partial charge is 0.243 e. The van der Waals surface area contributed by atoms with Gasteiger partial charge in [0, 0.05) is 35.8 Å². The third-order valence-electron chi connectivity index (χ3n) is 5.71. The Morgan fingerprint density at radius 3 is 2.42 bits per heavy atom. The van der Waals surface area contributed by atoms with Gasteiger partial charge in [-0.15, -0.1) is 12.4 Å². The maximum Gasteiger partial charge on any atom is 0.243 e. The lowest BCUT2D eigenvalue weighted by molar-refractivity contribution is 0.460. The second-order valence-corrected chi connectivity index (χ2v) is 9.83. The Morgan fingerprint density at radius 2 is 1.73 bits per heavy atom. The van der Waals surface area contributed by atoms with Crippen molar-refractivity contribution < 1.29 is 13.5 Å². The molecule has 1 fully saturated rings. The lowest BCUT2D eigenvalue weighted by Gasteiger charge is -2.16. The van der Waals surface area contributed by atoms with E-state index in [1.165, 1.54) is 10.5 Å². The summed E-state index contributed by atoms with van der Waals surface area (Å²) >= 11 is 0. The highest BCUT2D eigenvalue weighted by atomic mass is 35.5. The van der Waals surface area contributed by atoms with Gasteiger partial charge in [0.15, 0.2) is 0 Å². The van der Waals surface area contributed by atoms with E-state index in [1.807, 2.05) is 6.07 Å². The highest BCUT2D eigenvalue weighted by molar-refractivity contribution is 7.89. The van der Waals surface area contributed by atoms with Crippen LogP contribution in [-0.4, -0.2) is 45.9 Å². The molecule has 1 aliphatic carbocycles. The van der Waals surface area contributed by atoms with Gasteiger partial charge in [-0.3, -0.25) is 0 Å². The van der Waals surface area contributed by atoms with Gasteiger partial charge in [-0.1, -0.05) is 18.2 Å². The lowest BCUT2D eigenvalue weighted by Crippen LogP contribution is -2.28. The molecule has 1 aliphatic rings. The third kappa shape index (κ3) is 4.22. The highest BCUT2D eigenvalue weighted by Gasteiger charge is 2.34. The van der Waals surface area contributed by atoms with Gasteiger partial charge in [0.05, 0.1) is 16.8 Å². The number of halogens is 1. The molecular weight excluding hydrogens is 462 g/mol. The Balaban J connectivity index is 0.00000259. The lowest BCUT2D eigenvalue weighted by atomic mass is 10.1. The molecule has 0 saturated heterocycles. The Labute approximate surface area is 197 Å². The van der Waals surface area contributed by atoms with E-state index in [4.69, 9.17) is 5.73 Å². The maximum absolute atomic E-state index is 12.7. The van der Waals surface area contributed by atoms with Crippen LogP contribution in [0.2, 0.25) is 0 Å². The normalized spacial score (nSPS) is 13.8. The molecule has 0 unspecified atom stereocenters. The molecule has 170 valence electrons. The minimum Gasteiger partial charge on any atom is -0.493 e. The summed E-state index contributed by atoms with van der Waals surface area (Å²) in [6, 6.07) is 14.0. The molecular formula is C23H22ClN5O3S. The van der Waals surface area contributed by atoms with Gasteiger partial charge in [-0.2, -0.15) is 4.31 Å². The van der Waals surface area contributed by atoms with Crippen molar-refractivity contribution in [3.05, 3.63) is 60.9 Å². The van der Waals surface area contributed by atoms with E-state index in [0.717, 1.165) is 29.4 Å². The molecule has 0 spiro atoms. The Hall–Kier alpha value is -3.27. The molecule has 10 heteroatoms. The molecule has 5 rings (SSSR count). The van der Waals surface area contributed by atoms with Crippen LogP contribution >= 0.6 is 12.4 Å². The van der Waals surface area contributed by atoms with Crippen LogP contribution in [0, 0.1) is 0 Å². The van der Waals surface area contributed by atoms with Gasteiger partial charge in [0.2, 0.25) is 15.9 Å². The number of hydrogen-bond donors (Lipinski definition) is 2. The first-order valence-corrected chi connectivity index (χ1v) is 11.6. The molecule has 0 bridgehead atoms. The van der Waals surface area contributed by atoms with E-state index >= 15 is 0 Å². The van der Waals surface area contributed by atoms with Crippen molar-refractivity contribution in [2.75, 3.05) is 12.8 Å². The minimum atomic E-state index is -3.51. The van der Waals surface area contributed by atoms with Crippen molar-refractivity contribution in [2.45, 2.75) is 23.8 Å². The predicted octanol–water partition coefficient (Wildman–Crippen LogP) is 3.85. The molecule has 0 aliphatic heterocycles. The summed E-state index contributed by atoms with van der Waals surface area (Å²) < 4.78 is 26.9. The number of fused-ring (bicyclic) bond motifs is 1. The predicted molar refractivity (Wildman–Crippen MR) is 130 cm³/mol. The average Bonchev–Trinajstić information content (AvgIpc) is 3.64. The molecule has 0 amide bonds. The zero-order chi connectivity index (χ0) is 22.5. The first-order valence-electron chi connectivity index (χ1n) is 10.1. The summed E-state index contributed by atoms with van der Waals surface area (Å²) in [4.78, 5) is 13.1. The molecule has 4 aromatic rings. The molecule has 33 heavy (non-hydrogen) atoms. The summed E-state index contributed by atoms with van der Waals surface area (Å²) in [5.41, 5.74) is 8.66. The number of pyridine rings is 1. The monoisotopic (exact) mass is 483 g/mol. The van der Waals surface area contributed by atoms with Crippen LogP contribution in [-0.2, 0) is 10.0 Å². The van der Waals surface area contributed by atoms with E-state index in [0.29, 0.717) is 16.8 Å². The van der Waals surface area contributed by atoms with E-state index in [9.17, 15) is 13.5 Å². The zero-order valence-corrected chi connectivity index (χ0v) is 19.3. The van der Waals surface area contributed by atoms with Crippen LogP contribution in [0.15, 0.2) is 65.8 Å². The van der Waals surface area contributed by atoms with Gasteiger partial charge < -0.3 is 10.8 Å². The number of sulfonamides is 1. The summed E-state index contributed by atoms with van der Waals surface area (Å²) in [5.74, 6) is 0.237. The van der Waals surface area contributed by atoms with Crippen LogP contribution in [0.3, 0.4) is 0 Å². The molecule has 2 aromatic carbocycles. The number of nitrogens with two attached hydrogens (primary N) is 1. The van der Waals surface area contributed by atoms with Crippen molar-refractivity contribution in [3.63, 3.8) is 0 Å². The molecule has 0 radical (unpaired) electrons. The summed E-state index contributed by atoms with van der Waals surface area (Å²) in [7, 11) is -1.88. The van der Waals surface area contributed by atoms with Gasteiger partial charge >= 0.3 is 0 Å². The molecule has 8 nitrogen and oxygen atoms in total. The highest BCUT2D eigenvalue weighted by Crippen LogP contribution is 2.32. The van der Waals surface area contributed by atoms with E-state index in [-0.39, 0.29) is 35.0 Å². The number of aromatic hydroxyl groups is 1. The Bertz CT molecular complexity index is 1440. The fraction of sp³-hybridized carbons (Fsp3) is 0.174. The van der Waals surface area contributed by atoms with Gasteiger partial charge in [-0.25, -0.2) is 23.4 Å². The molecule has 2 heterocycles. The topological polar surface area (TPSA) is 122 Å². The maximum atomic E-state index is 12.7. The number of hydrogen-bond acceptors (Lipinski definition) is 7. The van der Waals surface area contributed by atoms with Crippen LogP contribution in [0.25, 0.3) is 33.3 Å². The second kappa shape index (κ2) is 8.58. The minimum absolute atomic E-state index is 0. The van der Waals surface area contributed by atoms with E-state index < -0.39 is 10.0 Å². The van der Waals surface area contributed by atoms with Crippen LogP contribution < -0.4 is 5.73 Å². The standard InChI is InChI=1S/C23H21N5O3S.ClH/c1-28(17-5-6-17)32(30,31)18-7-2-14(3-8-18)20-13-26-22(24)21(27-20)16-4-9-19-15(12-16)10-11-25-23(19)29;/h2-4,7-13,17H,5-6H2,1H3,(H2,24,26)(H,25,29);1H. The van der Waals surface area contributed by atoms with Crippen molar-refractivity contribution >= 4 is 39.0 Å². The van der Waals surface area contributed by atoms with Crippen LogP contribution in [0.5, 0.6) is 5.88 Å². The molecule has 3 N–H and O–H groups in total. The summed E-state index contributed by atoms with van der Waals surface area (Å²) in [6.45, 7) is 0. The van der Waals surface area contributed by atoms with Gasteiger partial charge in [0.1, 0.15) is 11.5 Å². The average molecular weight is 484 g/mol. The molecule has 1 saturated carbocycles. The first-order chi connectivity index (χ1) is 15.3. The fourth-order valence-electron chi connectivity index (χ4n) is 3.66. The molecule has 2 aromatic heterocycles. The largest absolute Gasteiger partial charge is 0.493 e. The molecule has 0 atom stereocenters.